The molecule has 0 heterocycles. The van der Waals surface area contributed by atoms with Crippen LogP contribution in [0, 0.1) is 0 Å². The molecule has 0 aromatic rings. The molecule has 0 radical (unpaired) electrons. The summed E-state index contributed by atoms with van der Waals surface area (Å²) in [7, 11) is -0.204. The van der Waals surface area contributed by atoms with Gasteiger partial charge in [0, 0.05) is 5.57 Å². The second-order valence-electron chi connectivity index (χ2n) is 5.41. The second-order valence-corrected chi connectivity index (χ2v) is 6.78. The van der Waals surface area contributed by atoms with Crippen LogP contribution >= 0.6 is 0 Å². The van der Waals surface area contributed by atoms with E-state index in [4.69, 9.17) is 17.7 Å². The number of hydrogen-bond donors (Lipinski definition) is 1. The molecule has 0 fully saturated rings. The van der Waals surface area contributed by atoms with Gasteiger partial charge in [0.15, 0.2) is 10.1 Å². The van der Waals surface area contributed by atoms with Gasteiger partial charge in [-0.1, -0.05) is 6.58 Å². The highest BCUT2D eigenvalue weighted by Crippen LogP contribution is 2.20. The molecule has 132 valence electrons. The number of hydrogen-bond acceptors (Lipinski definition) is 6. The van der Waals surface area contributed by atoms with E-state index < -0.39 is 27.7 Å². The van der Waals surface area contributed by atoms with Gasteiger partial charge in [0.05, 0.1) is 21.1 Å². The number of rotatable bonds is 5. The predicted octanol–water partition coefficient (Wildman–Crippen LogP) is 0.224. The molecular weight excluding hydrogens is 331 g/mol. The van der Waals surface area contributed by atoms with Crippen molar-refractivity contribution in [2.75, 3.05) is 34.3 Å². The van der Waals surface area contributed by atoms with Crippen molar-refractivity contribution in [3.63, 3.8) is 0 Å². The van der Waals surface area contributed by atoms with Crippen LogP contribution < -0.4 is 0 Å². The largest absolute Gasteiger partial charge is 0.741 e. The fourth-order valence-electron chi connectivity index (χ4n) is 0.980. The van der Waals surface area contributed by atoms with Crippen LogP contribution in [0.2, 0.25) is 0 Å². The molecule has 0 aliphatic carbocycles. The Kier molecular flexibility index (Phi) is 8.88. The third-order valence-corrected chi connectivity index (χ3v) is 2.36. The summed E-state index contributed by atoms with van der Waals surface area (Å²) in [4.78, 5) is 11.0. The molecule has 1 atom stereocenters. The Bertz CT molecular complexity index is 481. The summed E-state index contributed by atoms with van der Waals surface area (Å²) < 4.78 is 64.3. The van der Waals surface area contributed by atoms with Crippen LogP contribution in [0.5, 0.6) is 0 Å². The number of carbonyl (C=O) groups excluding carboxylic acids is 1. The van der Waals surface area contributed by atoms with Crippen molar-refractivity contribution in [1.29, 1.82) is 0 Å². The summed E-state index contributed by atoms with van der Waals surface area (Å²) in [6, 6.07) is 0. The number of aliphatic hydroxyl groups excluding tert-OH is 1. The Morgan fingerprint density at radius 2 is 1.73 bits per heavy atom. The number of nitrogens with zero attached hydrogens (tertiary/aromatic N) is 1. The van der Waals surface area contributed by atoms with Gasteiger partial charge >= 0.3 is 11.5 Å². The first-order chi connectivity index (χ1) is 9.47. The molecule has 0 aliphatic rings. The van der Waals surface area contributed by atoms with Crippen LogP contribution in [0.3, 0.4) is 0 Å². The average molecular weight is 351 g/mol. The molecule has 0 aliphatic heterocycles. The predicted molar refractivity (Wildman–Crippen MR) is 70.4 cm³/mol. The Morgan fingerprint density at radius 3 is 1.95 bits per heavy atom. The molecule has 1 N–H and O–H groups in total. The normalized spacial score (nSPS) is 13.7. The number of carbonyl (C=O) groups is 1. The zero-order valence-corrected chi connectivity index (χ0v) is 13.5. The molecule has 0 aromatic heterocycles. The Balaban J connectivity index is 0. The maximum Gasteiger partial charge on any atom is 0.485 e. The number of ether oxygens (including phenoxy) is 1. The lowest BCUT2D eigenvalue weighted by atomic mass is 10.3. The highest BCUT2D eigenvalue weighted by Gasteiger charge is 2.36. The van der Waals surface area contributed by atoms with Crippen LogP contribution in [0.25, 0.3) is 0 Å². The van der Waals surface area contributed by atoms with E-state index in [1.165, 1.54) is 0 Å². The highest BCUT2D eigenvalue weighted by atomic mass is 32.2. The molecule has 1 unspecified atom stereocenters. The standard InChI is InChI=1S/C10H20NO3.CHF3O3S/c1-8(2)10(13)14-7-9(12)6-11(3,4)5;2-1(3,4)8(5,6)7/h9,12H,1,6-7H2,2-5H3;(H,5,6,7)/q+1;/p-1. The summed E-state index contributed by atoms with van der Waals surface area (Å²) in [6.45, 7) is 5.60. The lowest BCUT2D eigenvalue weighted by Crippen LogP contribution is -2.43. The van der Waals surface area contributed by atoms with Gasteiger partial charge in [-0.2, -0.15) is 13.2 Å². The molecular formula is C11H20F3NO6S. The molecule has 0 bridgehead atoms. The maximum absolute atomic E-state index is 11.0. The molecule has 0 saturated heterocycles. The number of likely N-dealkylation sites (N-methyl/N-ethyl adjacent to an activating group) is 1. The van der Waals surface area contributed by atoms with Gasteiger partial charge < -0.3 is 18.9 Å². The second kappa shape index (κ2) is 8.46. The van der Waals surface area contributed by atoms with Gasteiger partial charge in [-0.15, -0.1) is 0 Å². The SMILES string of the molecule is C=C(C)C(=O)OCC(O)C[N+](C)(C)C.O=S(=O)([O-])C(F)(F)F. The first-order valence-corrected chi connectivity index (χ1v) is 7.21. The summed E-state index contributed by atoms with van der Waals surface area (Å²) in [5.41, 5.74) is -5.30. The van der Waals surface area contributed by atoms with Crippen molar-refractivity contribution >= 4 is 16.1 Å². The maximum atomic E-state index is 11.0. The third-order valence-electron chi connectivity index (χ3n) is 1.80. The van der Waals surface area contributed by atoms with E-state index in [1.807, 2.05) is 21.1 Å². The first-order valence-electron chi connectivity index (χ1n) is 5.80. The minimum atomic E-state index is -6.09. The molecule has 0 aromatic carbocycles. The van der Waals surface area contributed by atoms with Gasteiger partial charge in [-0.25, -0.2) is 13.2 Å². The van der Waals surface area contributed by atoms with Crippen LogP contribution in [0.4, 0.5) is 13.2 Å². The van der Waals surface area contributed by atoms with Gasteiger partial charge in [0.2, 0.25) is 0 Å². The molecule has 0 saturated carbocycles. The Hall–Kier alpha value is -1.17. The molecule has 0 spiro atoms. The van der Waals surface area contributed by atoms with E-state index in [0.717, 1.165) is 0 Å². The van der Waals surface area contributed by atoms with Crippen molar-refractivity contribution in [3.8, 4) is 0 Å². The quantitative estimate of drug-likeness (QED) is 0.250. The molecule has 11 heteroatoms. The summed E-state index contributed by atoms with van der Waals surface area (Å²) in [6.07, 6.45) is -0.627. The van der Waals surface area contributed by atoms with Crippen molar-refractivity contribution in [3.05, 3.63) is 12.2 Å². The Morgan fingerprint density at radius 1 is 1.36 bits per heavy atom. The topological polar surface area (TPSA) is 104 Å². The highest BCUT2D eigenvalue weighted by molar-refractivity contribution is 7.86. The number of esters is 1. The van der Waals surface area contributed by atoms with Crippen LogP contribution in [-0.4, -0.2) is 74.4 Å². The molecule has 0 rings (SSSR count). The van der Waals surface area contributed by atoms with E-state index in [9.17, 15) is 23.1 Å². The summed E-state index contributed by atoms with van der Waals surface area (Å²) >= 11 is 0. The fraction of sp³-hybridized carbons (Fsp3) is 0.727. The number of halogens is 3. The van der Waals surface area contributed by atoms with Crippen molar-refractivity contribution in [2.45, 2.75) is 18.5 Å². The molecule has 7 nitrogen and oxygen atoms in total. The summed E-state index contributed by atoms with van der Waals surface area (Å²) in [5, 5.41) is 9.49. The average Bonchev–Trinajstić information content (AvgIpc) is 2.21. The van der Waals surface area contributed by atoms with Gasteiger partial charge in [0.1, 0.15) is 19.3 Å². The van der Waals surface area contributed by atoms with Crippen molar-refractivity contribution in [2.24, 2.45) is 0 Å². The van der Waals surface area contributed by atoms with Gasteiger partial charge in [-0.05, 0) is 6.92 Å². The van der Waals surface area contributed by atoms with E-state index in [2.05, 4.69) is 6.58 Å². The lowest BCUT2D eigenvalue weighted by molar-refractivity contribution is -0.873. The van der Waals surface area contributed by atoms with E-state index in [0.29, 0.717) is 16.6 Å². The minimum absolute atomic E-state index is 0.0290. The van der Waals surface area contributed by atoms with E-state index in [-0.39, 0.29) is 6.61 Å². The van der Waals surface area contributed by atoms with E-state index in [1.54, 1.807) is 6.92 Å². The monoisotopic (exact) mass is 351 g/mol. The van der Waals surface area contributed by atoms with Crippen molar-refractivity contribution in [1.82, 2.24) is 0 Å². The summed E-state index contributed by atoms with van der Waals surface area (Å²) in [5.74, 6) is -0.453. The smallest absolute Gasteiger partial charge is 0.485 e. The van der Waals surface area contributed by atoms with E-state index >= 15 is 0 Å². The fourth-order valence-corrected chi connectivity index (χ4v) is 0.980. The number of aliphatic hydroxyl groups is 1. The van der Waals surface area contributed by atoms with Crippen LogP contribution in [-0.2, 0) is 19.6 Å². The Labute approximate surface area is 127 Å². The van der Waals surface area contributed by atoms with Gasteiger partial charge in [-0.3, -0.25) is 0 Å². The number of quaternary nitrogens is 1. The molecule has 22 heavy (non-hydrogen) atoms. The third kappa shape index (κ3) is 12.6. The van der Waals surface area contributed by atoms with Gasteiger partial charge in [0.25, 0.3) is 0 Å². The minimum Gasteiger partial charge on any atom is -0.741 e. The number of alkyl halides is 3. The zero-order chi connectivity index (χ0) is 18.4. The van der Waals surface area contributed by atoms with Crippen LogP contribution in [0.1, 0.15) is 6.92 Å². The van der Waals surface area contributed by atoms with Crippen LogP contribution in [0.15, 0.2) is 12.2 Å². The zero-order valence-electron chi connectivity index (χ0n) is 12.7. The van der Waals surface area contributed by atoms with Crippen molar-refractivity contribution < 1.29 is 45.3 Å². The molecule has 0 amide bonds. The first kappa shape index (κ1) is 23.1. The lowest BCUT2D eigenvalue weighted by Gasteiger charge is -2.26.